The van der Waals surface area contributed by atoms with Gasteiger partial charge in [0.1, 0.15) is 5.60 Å². The molecule has 6 rings (SSSR count). The molecule has 3 aromatic rings. The lowest BCUT2D eigenvalue weighted by atomic mass is 9.76. The number of carbonyl (C=O) groups excluding carboxylic acids is 1. The summed E-state index contributed by atoms with van der Waals surface area (Å²) >= 11 is 0. The zero-order valence-corrected chi connectivity index (χ0v) is 27.5. The number of amides is 1. The molecule has 1 fully saturated rings. The van der Waals surface area contributed by atoms with Crippen molar-refractivity contribution in [1.29, 1.82) is 0 Å². The lowest BCUT2D eigenvalue weighted by molar-refractivity contribution is 0.00578. The van der Waals surface area contributed by atoms with Crippen LogP contribution < -0.4 is 10.4 Å². The lowest BCUT2D eigenvalue weighted by Gasteiger charge is -2.38. The van der Waals surface area contributed by atoms with Gasteiger partial charge in [-0.2, -0.15) is 5.10 Å². The second-order valence-corrected chi connectivity index (χ2v) is 14.4. The number of nitrogens with zero attached hydrogens (tertiary/aromatic N) is 4. The van der Waals surface area contributed by atoms with E-state index in [2.05, 4.69) is 22.1 Å². The topological polar surface area (TPSA) is 69.1 Å². The molecule has 11 heteroatoms. The van der Waals surface area contributed by atoms with Crippen molar-refractivity contribution < 1.29 is 27.6 Å². The number of hydrogen-bond acceptors (Lipinski definition) is 6. The summed E-state index contributed by atoms with van der Waals surface area (Å²) in [5, 5.41) is 4.22. The van der Waals surface area contributed by atoms with Gasteiger partial charge >= 0.3 is 13.2 Å². The van der Waals surface area contributed by atoms with Crippen LogP contribution in [-0.2, 0) is 40.5 Å². The SMILES string of the molecule is Cn1cc(-c2cc3c(cc2C(F)F)N(c2cc(B4OC(C)(C)C(C)(C)O4)cc4c2CN(C(=O)OC(C)(C)C)CC4)CCC3)cn1. The van der Waals surface area contributed by atoms with E-state index in [-0.39, 0.29) is 11.7 Å². The van der Waals surface area contributed by atoms with Gasteiger partial charge in [-0.15, -0.1) is 0 Å². The van der Waals surface area contributed by atoms with E-state index in [0.717, 1.165) is 46.4 Å². The van der Waals surface area contributed by atoms with Crippen LogP contribution in [0.25, 0.3) is 11.1 Å². The van der Waals surface area contributed by atoms with E-state index in [1.165, 1.54) is 0 Å². The molecule has 1 amide bonds. The van der Waals surface area contributed by atoms with Gasteiger partial charge in [-0.1, -0.05) is 6.07 Å². The highest BCUT2D eigenvalue weighted by atomic mass is 19.3. The molecule has 4 heterocycles. The summed E-state index contributed by atoms with van der Waals surface area (Å²) in [5.74, 6) is 0. The Kier molecular flexibility index (Phi) is 7.80. The Labute approximate surface area is 264 Å². The molecule has 0 bridgehead atoms. The van der Waals surface area contributed by atoms with Crippen LogP contribution in [0.5, 0.6) is 0 Å². The number of benzene rings is 2. The van der Waals surface area contributed by atoms with Gasteiger partial charge in [0.2, 0.25) is 0 Å². The van der Waals surface area contributed by atoms with Gasteiger partial charge in [0, 0.05) is 48.8 Å². The highest BCUT2D eigenvalue weighted by Gasteiger charge is 2.52. The summed E-state index contributed by atoms with van der Waals surface area (Å²) in [5.41, 5.74) is 5.06. The fourth-order valence-corrected chi connectivity index (χ4v) is 6.40. The first-order chi connectivity index (χ1) is 21.0. The number of rotatable bonds is 4. The number of ether oxygens (including phenoxy) is 1. The third-order valence-electron chi connectivity index (χ3n) is 9.43. The number of fused-ring (bicyclic) bond motifs is 2. The van der Waals surface area contributed by atoms with E-state index < -0.39 is 30.3 Å². The fraction of sp³-hybridized carbons (Fsp3) is 0.529. The van der Waals surface area contributed by atoms with Crippen LogP contribution in [0.4, 0.5) is 25.0 Å². The summed E-state index contributed by atoms with van der Waals surface area (Å²) < 4.78 is 49.5. The third kappa shape index (κ3) is 5.97. The van der Waals surface area contributed by atoms with E-state index in [1.807, 2.05) is 54.5 Å². The molecule has 240 valence electrons. The first-order valence-electron chi connectivity index (χ1n) is 15.7. The van der Waals surface area contributed by atoms with Crippen molar-refractivity contribution in [2.24, 2.45) is 7.05 Å². The van der Waals surface area contributed by atoms with Crippen LogP contribution >= 0.6 is 0 Å². The Balaban J connectivity index is 1.47. The highest BCUT2D eigenvalue weighted by molar-refractivity contribution is 6.62. The molecule has 3 aliphatic heterocycles. The smallest absolute Gasteiger partial charge is 0.444 e. The minimum Gasteiger partial charge on any atom is -0.444 e. The van der Waals surface area contributed by atoms with E-state index in [9.17, 15) is 13.6 Å². The van der Waals surface area contributed by atoms with Gasteiger partial charge in [-0.05, 0) is 114 Å². The van der Waals surface area contributed by atoms with Gasteiger partial charge in [-0.3, -0.25) is 4.68 Å². The van der Waals surface area contributed by atoms with Crippen molar-refractivity contribution in [3.63, 3.8) is 0 Å². The maximum absolute atomic E-state index is 14.6. The molecule has 8 nitrogen and oxygen atoms in total. The molecule has 0 atom stereocenters. The molecule has 0 radical (unpaired) electrons. The van der Waals surface area contributed by atoms with Gasteiger partial charge in [0.25, 0.3) is 6.43 Å². The monoisotopic (exact) mass is 620 g/mol. The Morgan fingerprint density at radius 1 is 1.00 bits per heavy atom. The van der Waals surface area contributed by atoms with Crippen molar-refractivity contribution in [3.8, 4) is 11.1 Å². The van der Waals surface area contributed by atoms with Crippen molar-refractivity contribution in [2.75, 3.05) is 18.0 Å². The lowest BCUT2D eigenvalue weighted by Crippen LogP contribution is -2.42. The van der Waals surface area contributed by atoms with Gasteiger partial charge in [-0.25, -0.2) is 13.6 Å². The van der Waals surface area contributed by atoms with Crippen LogP contribution in [0, 0.1) is 0 Å². The van der Waals surface area contributed by atoms with E-state index in [4.69, 9.17) is 14.0 Å². The Morgan fingerprint density at radius 3 is 2.33 bits per heavy atom. The van der Waals surface area contributed by atoms with Gasteiger partial charge in [0.05, 0.1) is 23.9 Å². The van der Waals surface area contributed by atoms with Crippen LogP contribution in [0.2, 0.25) is 0 Å². The molecule has 3 aliphatic rings. The second kappa shape index (κ2) is 11.1. The van der Waals surface area contributed by atoms with Crippen LogP contribution in [0.15, 0.2) is 36.7 Å². The van der Waals surface area contributed by atoms with Crippen LogP contribution in [0.3, 0.4) is 0 Å². The average Bonchev–Trinajstić information content (AvgIpc) is 3.48. The molecule has 45 heavy (non-hydrogen) atoms. The number of aryl methyl sites for hydroxylation is 2. The summed E-state index contributed by atoms with van der Waals surface area (Å²) in [6.07, 6.45) is 2.60. The molecule has 0 saturated carbocycles. The molecule has 0 aliphatic carbocycles. The zero-order valence-electron chi connectivity index (χ0n) is 27.5. The summed E-state index contributed by atoms with van der Waals surface area (Å²) in [6, 6.07) is 7.72. The molecule has 0 unspecified atom stereocenters. The molecule has 0 N–H and O–H groups in total. The predicted octanol–water partition coefficient (Wildman–Crippen LogP) is 6.70. The first-order valence-corrected chi connectivity index (χ1v) is 15.7. The van der Waals surface area contributed by atoms with E-state index in [0.29, 0.717) is 37.2 Å². The first kappa shape index (κ1) is 31.5. The van der Waals surface area contributed by atoms with Crippen molar-refractivity contribution in [1.82, 2.24) is 14.7 Å². The van der Waals surface area contributed by atoms with Crippen molar-refractivity contribution in [3.05, 3.63) is 58.9 Å². The number of alkyl halides is 2. The van der Waals surface area contributed by atoms with E-state index in [1.54, 1.807) is 35.1 Å². The summed E-state index contributed by atoms with van der Waals surface area (Å²) in [6.45, 7) is 15.2. The maximum Gasteiger partial charge on any atom is 0.494 e. The van der Waals surface area contributed by atoms with Crippen LogP contribution in [0.1, 0.15) is 83.6 Å². The van der Waals surface area contributed by atoms with Crippen molar-refractivity contribution >= 4 is 30.0 Å². The molecule has 1 saturated heterocycles. The number of aromatic nitrogens is 2. The molecular formula is C34H43BF2N4O4. The van der Waals surface area contributed by atoms with Crippen LogP contribution in [-0.4, -0.2) is 57.8 Å². The van der Waals surface area contributed by atoms with Gasteiger partial charge < -0.3 is 23.8 Å². The minimum absolute atomic E-state index is 0.0278. The zero-order chi connectivity index (χ0) is 32.5. The third-order valence-corrected chi connectivity index (χ3v) is 9.43. The Bertz CT molecular complexity index is 1610. The number of halogens is 2. The summed E-state index contributed by atoms with van der Waals surface area (Å²) in [7, 11) is 1.19. The molecule has 2 aromatic carbocycles. The average molecular weight is 621 g/mol. The summed E-state index contributed by atoms with van der Waals surface area (Å²) in [4.78, 5) is 17.1. The largest absolute Gasteiger partial charge is 0.494 e. The maximum atomic E-state index is 14.6. The fourth-order valence-electron chi connectivity index (χ4n) is 6.40. The van der Waals surface area contributed by atoms with E-state index >= 15 is 0 Å². The highest BCUT2D eigenvalue weighted by Crippen LogP contribution is 2.44. The number of hydrogen-bond donors (Lipinski definition) is 0. The Hall–Kier alpha value is -3.44. The minimum atomic E-state index is -2.66. The molecule has 1 aromatic heterocycles. The number of anilines is 2. The van der Waals surface area contributed by atoms with Crippen molar-refractivity contribution in [2.45, 2.75) is 97.5 Å². The number of carbonyl (C=O) groups is 1. The molecular weight excluding hydrogens is 577 g/mol. The Morgan fingerprint density at radius 2 is 1.71 bits per heavy atom. The standard InChI is InChI=1S/C34H43BF2N4O4/c1-32(2,3)43-31(42)40-13-11-21-14-24(35-44-33(4,5)34(6,7)45-35)16-29(27(21)20-40)41-12-9-10-22-15-25(23-18-38-39(8)19-23)26(30(36)37)17-28(22)41/h14-19,30H,9-13,20H2,1-8H3. The molecule has 0 spiro atoms. The normalized spacial score (nSPS) is 19.1. The quantitative estimate of drug-likeness (QED) is 0.303. The second-order valence-electron chi connectivity index (χ2n) is 14.4. The predicted molar refractivity (Wildman–Crippen MR) is 171 cm³/mol. The van der Waals surface area contributed by atoms with Gasteiger partial charge in [0.15, 0.2) is 0 Å².